The fourth-order valence-corrected chi connectivity index (χ4v) is 5.83. The summed E-state index contributed by atoms with van der Waals surface area (Å²) in [4.78, 5) is 55.3. The van der Waals surface area contributed by atoms with E-state index < -0.39 is 37.2 Å². The van der Waals surface area contributed by atoms with Crippen LogP contribution in [0.3, 0.4) is 0 Å². The Morgan fingerprint density at radius 1 is 0.651 bits per heavy atom. The molecule has 0 aliphatic rings. The Morgan fingerprint density at radius 2 is 1.09 bits per heavy atom. The van der Waals surface area contributed by atoms with E-state index in [1.807, 2.05) is 66.7 Å². The average molecular weight is 613 g/mol. The van der Waals surface area contributed by atoms with Crippen LogP contribution in [0.2, 0.25) is 0 Å². The number of carbonyl (C=O) groups excluding carboxylic acids is 2. The molecule has 10 nitrogen and oxygen atoms in total. The highest BCUT2D eigenvalue weighted by atomic mass is 31.2. The van der Waals surface area contributed by atoms with E-state index in [0.29, 0.717) is 5.56 Å². The SMILES string of the molecule is O=C(CCC(CP(=O)(O)Cc1ccccc1)C(=O)OCc1ccccc1)OCc1ccccc1.O=C(O)CCCC(=O)O. The minimum Gasteiger partial charge on any atom is -0.481 e. The molecule has 0 spiro atoms. The first-order valence-corrected chi connectivity index (χ1v) is 15.8. The van der Waals surface area contributed by atoms with Gasteiger partial charge in [0, 0.05) is 31.6 Å². The van der Waals surface area contributed by atoms with Gasteiger partial charge < -0.3 is 24.6 Å². The minimum atomic E-state index is -3.70. The first kappa shape index (κ1) is 34.9. The Kier molecular flexibility index (Phi) is 15.5. The Morgan fingerprint density at radius 3 is 1.56 bits per heavy atom. The number of benzene rings is 3. The van der Waals surface area contributed by atoms with Gasteiger partial charge in [-0.25, -0.2) is 0 Å². The largest absolute Gasteiger partial charge is 0.481 e. The Labute approximate surface area is 250 Å². The first-order valence-electron chi connectivity index (χ1n) is 13.7. The number of hydrogen-bond acceptors (Lipinski definition) is 7. The predicted octanol–water partition coefficient (Wildman–Crippen LogP) is 5.67. The maximum Gasteiger partial charge on any atom is 0.309 e. The Bertz CT molecular complexity index is 1320. The number of carboxylic acids is 2. The molecule has 3 N–H and O–H groups in total. The molecule has 2 atom stereocenters. The molecule has 0 heterocycles. The lowest BCUT2D eigenvalue weighted by Crippen LogP contribution is -2.23. The number of esters is 2. The van der Waals surface area contributed by atoms with Crippen molar-refractivity contribution in [2.75, 3.05) is 6.16 Å². The normalized spacial score (nSPS) is 12.5. The van der Waals surface area contributed by atoms with Crippen LogP contribution < -0.4 is 0 Å². The molecular formula is C32H37O10P. The van der Waals surface area contributed by atoms with Crippen molar-refractivity contribution in [3.05, 3.63) is 108 Å². The van der Waals surface area contributed by atoms with Gasteiger partial charge in [-0.05, 0) is 29.5 Å². The molecule has 0 aliphatic heterocycles. The van der Waals surface area contributed by atoms with Crippen LogP contribution in [0.25, 0.3) is 0 Å². The molecular weight excluding hydrogens is 575 g/mol. The minimum absolute atomic E-state index is 0.0469. The number of aliphatic carboxylic acids is 2. The fraction of sp³-hybridized carbons (Fsp3) is 0.312. The standard InChI is InChI=1S/C27H29O6P.C5H8O4/c28-26(32-18-22-10-4-1-5-11-22)17-16-25(27(29)33-19-23-12-6-2-7-13-23)21-34(30,31)20-24-14-8-3-9-15-24;6-4(7)2-1-3-5(8)9/h1-15,25H,16-21H2,(H,30,31);1-3H2,(H,6,7)(H,8,9). The van der Waals surface area contributed by atoms with Gasteiger partial charge in [0.05, 0.1) is 5.92 Å². The summed E-state index contributed by atoms with van der Waals surface area (Å²) >= 11 is 0. The molecule has 230 valence electrons. The van der Waals surface area contributed by atoms with E-state index in [4.69, 9.17) is 19.7 Å². The monoisotopic (exact) mass is 612 g/mol. The van der Waals surface area contributed by atoms with Crippen LogP contribution in [0.1, 0.15) is 48.8 Å². The van der Waals surface area contributed by atoms with E-state index >= 15 is 0 Å². The van der Waals surface area contributed by atoms with Crippen LogP contribution >= 0.6 is 7.37 Å². The Hall–Kier alpha value is -4.27. The van der Waals surface area contributed by atoms with Crippen molar-refractivity contribution in [3.63, 3.8) is 0 Å². The van der Waals surface area contributed by atoms with Crippen LogP contribution in [-0.2, 0) is 52.6 Å². The third-order valence-electron chi connectivity index (χ3n) is 6.06. The Balaban J connectivity index is 0.000000621. The van der Waals surface area contributed by atoms with Crippen LogP contribution in [0, 0.1) is 5.92 Å². The number of carbonyl (C=O) groups is 4. The lowest BCUT2D eigenvalue weighted by molar-refractivity contribution is -0.150. The van der Waals surface area contributed by atoms with Crippen LogP contribution in [-0.4, -0.2) is 45.1 Å². The van der Waals surface area contributed by atoms with Crippen molar-refractivity contribution in [3.8, 4) is 0 Å². The summed E-state index contributed by atoms with van der Waals surface area (Å²) in [6.07, 6.45) is -0.205. The third-order valence-corrected chi connectivity index (χ3v) is 7.93. The van der Waals surface area contributed by atoms with Crippen molar-refractivity contribution in [1.29, 1.82) is 0 Å². The van der Waals surface area contributed by atoms with E-state index in [2.05, 4.69) is 0 Å². The molecule has 3 aromatic rings. The van der Waals surface area contributed by atoms with Crippen LogP contribution in [0.5, 0.6) is 0 Å². The molecule has 0 aliphatic carbocycles. The van der Waals surface area contributed by atoms with Gasteiger partial charge in [-0.2, -0.15) is 0 Å². The van der Waals surface area contributed by atoms with Crippen molar-refractivity contribution in [2.24, 2.45) is 5.92 Å². The van der Waals surface area contributed by atoms with Gasteiger partial charge in [0.1, 0.15) is 13.2 Å². The summed E-state index contributed by atoms with van der Waals surface area (Å²) in [7, 11) is -3.70. The second-order valence-corrected chi connectivity index (χ2v) is 12.2. The highest BCUT2D eigenvalue weighted by Crippen LogP contribution is 2.47. The number of carboxylic acid groups (broad SMARTS) is 2. The van der Waals surface area contributed by atoms with E-state index in [1.165, 1.54) is 0 Å². The smallest absolute Gasteiger partial charge is 0.309 e. The molecule has 0 aromatic heterocycles. The lowest BCUT2D eigenvalue weighted by Gasteiger charge is -2.19. The third kappa shape index (κ3) is 16.1. The quantitative estimate of drug-likeness (QED) is 0.136. The number of hydrogen-bond donors (Lipinski definition) is 3. The van der Waals surface area contributed by atoms with Crippen LogP contribution in [0.4, 0.5) is 0 Å². The molecule has 0 bridgehead atoms. The first-order chi connectivity index (χ1) is 20.5. The summed E-state index contributed by atoms with van der Waals surface area (Å²) in [5, 5.41) is 16.1. The second kappa shape index (κ2) is 19.0. The summed E-state index contributed by atoms with van der Waals surface area (Å²) in [5.74, 6) is -3.86. The van der Waals surface area contributed by atoms with Crippen molar-refractivity contribution < 1.29 is 48.3 Å². The molecule has 0 saturated heterocycles. The van der Waals surface area contributed by atoms with Crippen LogP contribution in [0.15, 0.2) is 91.0 Å². The summed E-state index contributed by atoms with van der Waals surface area (Å²) in [6, 6.07) is 27.4. The van der Waals surface area contributed by atoms with Crippen molar-refractivity contribution >= 4 is 31.2 Å². The zero-order valence-corrected chi connectivity index (χ0v) is 24.6. The highest BCUT2D eigenvalue weighted by Gasteiger charge is 2.31. The number of ether oxygens (including phenoxy) is 2. The summed E-state index contributed by atoms with van der Waals surface area (Å²) in [5.41, 5.74) is 2.39. The van der Waals surface area contributed by atoms with Crippen molar-refractivity contribution in [1.82, 2.24) is 0 Å². The second-order valence-electron chi connectivity index (χ2n) is 9.79. The van der Waals surface area contributed by atoms with Gasteiger partial charge in [-0.15, -0.1) is 0 Å². The van der Waals surface area contributed by atoms with Crippen molar-refractivity contribution in [2.45, 2.75) is 51.5 Å². The zero-order valence-electron chi connectivity index (χ0n) is 23.7. The van der Waals surface area contributed by atoms with E-state index in [0.717, 1.165) is 11.1 Å². The molecule has 0 radical (unpaired) electrons. The average Bonchev–Trinajstić information content (AvgIpc) is 2.98. The lowest BCUT2D eigenvalue weighted by atomic mass is 10.1. The predicted molar refractivity (Wildman–Crippen MR) is 159 cm³/mol. The van der Waals surface area contributed by atoms with Gasteiger partial charge in [-0.3, -0.25) is 23.7 Å². The molecule has 0 fully saturated rings. The van der Waals surface area contributed by atoms with E-state index in [1.54, 1.807) is 24.3 Å². The molecule has 0 saturated carbocycles. The van der Waals surface area contributed by atoms with Gasteiger partial charge in [-0.1, -0.05) is 91.0 Å². The number of rotatable bonds is 16. The topological polar surface area (TPSA) is 164 Å². The molecule has 3 rings (SSSR count). The molecule has 3 aromatic carbocycles. The summed E-state index contributed by atoms with van der Waals surface area (Å²) < 4.78 is 23.7. The maximum absolute atomic E-state index is 13.0. The zero-order chi connectivity index (χ0) is 31.5. The maximum atomic E-state index is 13.0. The molecule has 0 amide bonds. The highest BCUT2D eigenvalue weighted by molar-refractivity contribution is 7.57. The van der Waals surface area contributed by atoms with Gasteiger partial charge in [0.15, 0.2) is 0 Å². The molecule has 43 heavy (non-hydrogen) atoms. The molecule has 11 heteroatoms. The van der Waals surface area contributed by atoms with Gasteiger partial charge in [0.2, 0.25) is 7.37 Å². The molecule has 2 unspecified atom stereocenters. The van der Waals surface area contributed by atoms with E-state index in [-0.39, 0.29) is 57.6 Å². The van der Waals surface area contributed by atoms with E-state index in [9.17, 15) is 28.6 Å². The fourth-order valence-electron chi connectivity index (χ4n) is 3.90. The summed E-state index contributed by atoms with van der Waals surface area (Å²) in [6.45, 7) is 0.193. The van der Waals surface area contributed by atoms with Gasteiger partial charge >= 0.3 is 23.9 Å². The van der Waals surface area contributed by atoms with Gasteiger partial charge in [0.25, 0.3) is 0 Å².